The summed E-state index contributed by atoms with van der Waals surface area (Å²) in [5, 5.41) is 8.10. The van der Waals surface area contributed by atoms with Crippen molar-refractivity contribution in [2.45, 2.75) is 63.6 Å². The van der Waals surface area contributed by atoms with Gasteiger partial charge in [-0.15, -0.1) is 0 Å². The van der Waals surface area contributed by atoms with E-state index in [1.807, 2.05) is 6.92 Å². The first-order chi connectivity index (χ1) is 9.54. The minimum Gasteiger partial charge on any atom is -0.468 e. The quantitative estimate of drug-likeness (QED) is 0.854. The summed E-state index contributed by atoms with van der Waals surface area (Å²) in [6.07, 6.45) is 4.92. The van der Waals surface area contributed by atoms with Crippen LogP contribution in [0.1, 0.15) is 49.5 Å². The number of ether oxygens (including phenoxy) is 1. The van der Waals surface area contributed by atoms with Crippen LogP contribution in [0, 0.1) is 13.8 Å². The van der Waals surface area contributed by atoms with E-state index in [-0.39, 0.29) is 12.0 Å². The predicted molar refractivity (Wildman–Crippen MR) is 75.5 cm³/mol. The molecule has 2 aliphatic carbocycles. The standard InChI is InChI=1S/C15H23N3O2/c1-10-8-11(2)18(17-10)13-6-7-15(9-13,14(19)20-3)16-12-4-5-12/h8,12-13,16H,4-7,9H2,1-3H3. The van der Waals surface area contributed by atoms with Crippen molar-refractivity contribution < 1.29 is 9.53 Å². The molecule has 20 heavy (non-hydrogen) atoms. The van der Waals surface area contributed by atoms with Crippen LogP contribution in [-0.4, -0.2) is 34.4 Å². The van der Waals surface area contributed by atoms with Crippen molar-refractivity contribution in [1.82, 2.24) is 15.1 Å². The molecular formula is C15H23N3O2. The second-order valence-corrected chi connectivity index (χ2v) is 6.26. The van der Waals surface area contributed by atoms with Crippen LogP contribution in [0.3, 0.4) is 0 Å². The lowest BCUT2D eigenvalue weighted by molar-refractivity contribution is -0.148. The van der Waals surface area contributed by atoms with Gasteiger partial charge in [-0.1, -0.05) is 0 Å². The molecule has 0 aliphatic heterocycles. The van der Waals surface area contributed by atoms with Crippen LogP contribution in [0.15, 0.2) is 6.07 Å². The van der Waals surface area contributed by atoms with Crippen molar-refractivity contribution >= 4 is 5.97 Å². The van der Waals surface area contributed by atoms with Crippen molar-refractivity contribution in [3.8, 4) is 0 Å². The molecule has 110 valence electrons. The third kappa shape index (κ3) is 2.35. The van der Waals surface area contributed by atoms with Gasteiger partial charge in [0, 0.05) is 11.7 Å². The maximum Gasteiger partial charge on any atom is 0.326 e. The van der Waals surface area contributed by atoms with Gasteiger partial charge in [-0.3, -0.25) is 14.8 Å². The number of carbonyl (C=O) groups excluding carboxylic acids is 1. The molecule has 1 N–H and O–H groups in total. The molecule has 0 saturated heterocycles. The molecule has 0 amide bonds. The molecule has 2 atom stereocenters. The van der Waals surface area contributed by atoms with E-state index in [9.17, 15) is 4.79 Å². The number of carbonyl (C=O) groups is 1. The van der Waals surface area contributed by atoms with E-state index in [0.717, 1.165) is 25.0 Å². The second kappa shape index (κ2) is 4.88. The zero-order valence-corrected chi connectivity index (χ0v) is 12.5. The highest BCUT2D eigenvalue weighted by Gasteiger charge is 2.49. The van der Waals surface area contributed by atoms with E-state index in [4.69, 9.17) is 4.74 Å². The highest BCUT2D eigenvalue weighted by Crippen LogP contribution is 2.41. The van der Waals surface area contributed by atoms with Gasteiger partial charge in [-0.2, -0.15) is 5.10 Å². The molecule has 5 heteroatoms. The van der Waals surface area contributed by atoms with E-state index >= 15 is 0 Å². The summed E-state index contributed by atoms with van der Waals surface area (Å²) in [5.41, 5.74) is 1.69. The van der Waals surface area contributed by atoms with Crippen molar-refractivity contribution in [3.63, 3.8) is 0 Å². The molecule has 1 aromatic rings. The van der Waals surface area contributed by atoms with Crippen molar-refractivity contribution in [2.24, 2.45) is 0 Å². The number of aromatic nitrogens is 2. The molecule has 0 spiro atoms. The molecule has 0 bridgehead atoms. The largest absolute Gasteiger partial charge is 0.468 e. The Bertz CT molecular complexity index is 521. The summed E-state index contributed by atoms with van der Waals surface area (Å²) in [6, 6.07) is 2.87. The number of methoxy groups -OCH3 is 1. The Morgan fingerprint density at radius 3 is 2.75 bits per heavy atom. The number of aryl methyl sites for hydroxylation is 2. The first kappa shape index (κ1) is 13.6. The van der Waals surface area contributed by atoms with E-state index in [1.54, 1.807) is 0 Å². The summed E-state index contributed by atoms with van der Waals surface area (Å²) in [7, 11) is 1.48. The molecule has 1 aromatic heterocycles. The van der Waals surface area contributed by atoms with Gasteiger partial charge in [0.05, 0.1) is 18.8 Å². The van der Waals surface area contributed by atoms with Crippen LogP contribution in [-0.2, 0) is 9.53 Å². The molecule has 2 saturated carbocycles. The van der Waals surface area contributed by atoms with Gasteiger partial charge in [0.1, 0.15) is 5.54 Å². The van der Waals surface area contributed by atoms with Crippen LogP contribution >= 0.6 is 0 Å². The fraction of sp³-hybridized carbons (Fsp3) is 0.733. The van der Waals surface area contributed by atoms with Crippen molar-refractivity contribution in [1.29, 1.82) is 0 Å². The second-order valence-electron chi connectivity index (χ2n) is 6.26. The summed E-state index contributed by atoms with van der Waals surface area (Å²) in [6.45, 7) is 4.08. The van der Waals surface area contributed by atoms with E-state index < -0.39 is 5.54 Å². The summed E-state index contributed by atoms with van der Waals surface area (Å²) < 4.78 is 7.13. The molecule has 1 heterocycles. The molecule has 2 fully saturated rings. The van der Waals surface area contributed by atoms with Crippen LogP contribution < -0.4 is 5.32 Å². The predicted octanol–water partition coefficient (Wildman–Crippen LogP) is 1.89. The minimum absolute atomic E-state index is 0.117. The first-order valence-corrected chi connectivity index (χ1v) is 7.43. The van der Waals surface area contributed by atoms with Gasteiger partial charge in [-0.05, 0) is 52.0 Å². The van der Waals surface area contributed by atoms with E-state index in [0.29, 0.717) is 6.04 Å². The van der Waals surface area contributed by atoms with E-state index in [1.165, 1.54) is 25.6 Å². The summed E-state index contributed by atoms with van der Waals surface area (Å²) in [4.78, 5) is 12.3. The zero-order chi connectivity index (χ0) is 14.3. The number of rotatable bonds is 4. The molecular weight excluding hydrogens is 254 g/mol. The Morgan fingerprint density at radius 2 is 2.20 bits per heavy atom. The molecule has 2 unspecified atom stereocenters. The maximum absolute atomic E-state index is 12.3. The zero-order valence-electron chi connectivity index (χ0n) is 12.5. The Labute approximate surface area is 119 Å². The van der Waals surface area contributed by atoms with Crippen LogP contribution in [0.5, 0.6) is 0 Å². The lowest BCUT2D eigenvalue weighted by Gasteiger charge is -2.28. The number of esters is 1. The highest BCUT2D eigenvalue weighted by molar-refractivity contribution is 5.81. The SMILES string of the molecule is COC(=O)C1(NC2CC2)CCC(n2nc(C)cc2C)C1. The first-order valence-electron chi connectivity index (χ1n) is 7.43. The average Bonchev–Trinajstić information content (AvgIpc) is 3.01. The topological polar surface area (TPSA) is 56.1 Å². The molecule has 5 nitrogen and oxygen atoms in total. The number of nitrogens with one attached hydrogen (secondary N) is 1. The minimum atomic E-state index is -0.507. The van der Waals surface area contributed by atoms with Crippen LogP contribution in [0.4, 0.5) is 0 Å². The number of nitrogens with zero attached hydrogens (tertiary/aromatic N) is 2. The van der Waals surface area contributed by atoms with Crippen LogP contribution in [0.2, 0.25) is 0 Å². The monoisotopic (exact) mass is 277 g/mol. The molecule has 0 radical (unpaired) electrons. The third-order valence-corrected chi connectivity index (χ3v) is 4.51. The average molecular weight is 277 g/mol. The van der Waals surface area contributed by atoms with E-state index in [2.05, 4.69) is 28.1 Å². The van der Waals surface area contributed by atoms with Crippen LogP contribution in [0.25, 0.3) is 0 Å². The van der Waals surface area contributed by atoms with Gasteiger partial charge >= 0.3 is 5.97 Å². The fourth-order valence-electron chi connectivity index (χ4n) is 3.43. The molecule has 3 rings (SSSR count). The Hall–Kier alpha value is -1.36. The molecule has 2 aliphatic rings. The Morgan fingerprint density at radius 1 is 1.45 bits per heavy atom. The lowest BCUT2D eigenvalue weighted by Crippen LogP contribution is -2.52. The maximum atomic E-state index is 12.3. The summed E-state index contributed by atoms with van der Waals surface area (Å²) in [5.74, 6) is -0.117. The van der Waals surface area contributed by atoms with Gasteiger partial charge in [0.15, 0.2) is 0 Å². The molecule has 0 aromatic carbocycles. The number of hydrogen-bond donors (Lipinski definition) is 1. The summed E-state index contributed by atoms with van der Waals surface area (Å²) >= 11 is 0. The van der Waals surface area contributed by atoms with Gasteiger partial charge in [0.25, 0.3) is 0 Å². The van der Waals surface area contributed by atoms with Gasteiger partial charge < -0.3 is 4.74 Å². The number of hydrogen-bond acceptors (Lipinski definition) is 4. The lowest BCUT2D eigenvalue weighted by atomic mass is 9.97. The normalized spacial score (nSPS) is 29.6. The smallest absolute Gasteiger partial charge is 0.326 e. The fourth-order valence-corrected chi connectivity index (χ4v) is 3.43. The Balaban J connectivity index is 1.81. The Kier molecular flexibility index (Phi) is 3.32. The van der Waals surface area contributed by atoms with Gasteiger partial charge in [-0.25, -0.2) is 0 Å². The van der Waals surface area contributed by atoms with Crippen molar-refractivity contribution in [3.05, 3.63) is 17.5 Å². The van der Waals surface area contributed by atoms with Crippen molar-refractivity contribution in [2.75, 3.05) is 7.11 Å². The highest BCUT2D eigenvalue weighted by atomic mass is 16.5. The third-order valence-electron chi connectivity index (χ3n) is 4.51. The van der Waals surface area contributed by atoms with Gasteiger partial charge in [0.2, 0.25) is 0 Å².